The highest BCUT2D eigenvalue weighted by molar-refractivity contribution is 5.88. The lowest BCUT2D eigenvalue weighted by atomic mass is 9.97. The minimum atomic E-state index is -2.06. The van der Waals surface area contributed by atoms with E-state index in [1.54, 1.807) is 0 Å². The Labute approximate surface area is 298 Å². The summed E-state index contributed by atoms with van der Waals surface area (Å²) in [6.07, 6.45) is -26.1. The summed E-state index contributed by atoms with van der Waals surface area (Å²) in [5, 5.41) is 124. The number of hydrogen-bond donors (Lipinski definition) is 12. The number of phenols is 3. The smallest absolute Gasteiger partial charge is 0.239 e. The summed E-state index contributed by atoms with van der Waals surface area (Å²) in [4.78, 5) is 14.0. The summed E-state index contributed by atoms with van der Waals surface area (Å²) in [6, 6.07) is 7.05. The Hall–Kier alpha value is -3.71. The molecule has 20 nitrogen and oxygen atoms in total. The maximum Gasteiger partial charge on any atom is 0.239 e. The summed E-state index contributed by atoms with van der Waals surface area (Å²) < 4.78 is 40.0. The lowest BCUT2D eigenvalue weighted by Crippen LogP contribution is -2.65. The van der Waals surface area contributed by atoms with E-state index in [-0.39, 0.29) is 22.7 Å². The molecule has 0 saturated carbocycles. The van der Waals surface area contributed by atoms with Gasteiger partial charge in [-0.2, -0.15) is 0 Å². The van der Waals surface area contributed by atoms with Crippen molar-refractivity contribution < 1.29 is 94.1 Å². The fraction of sp³-hybridized carbons (Fsp3) is 0.545. The van der Waals surface area contributed by atoms with Crippen molar-refractivity contribution in [2.75, 3.05) is 13.2 Å². The number of fused-ring (bicyclic) bond motifs is 1. The predicted octanol–water partition coefficient (Wildman–Crippen LogP) is -3.57. The van der Waals surface area contributed by atoms with Crippen LogP contribution in [0.25, 0.3) is 22.3 Å². The zero-order valence-electron chi connectivity index (χ0n) is 27.7. The van der Waals surface area contributed by atoms with Gasteiger partial charge in [-0.1, -0.05) is 0 Å². The van der Waals surface area contributed by atoms with Gasteiger partial charge in [0.25, 0.3) is 0 Å². The molecular weight excluding hydrogens is 716 g/mol. The predicted molar refractivity (Wildman–Crippen MR) is 171 cm³/mol. The molecule has 0 unspecified atom stereocenters. The summed E-state index contributed by atoms with van der Waals surface area (Å²) >= 11 is 0. The fourth-order valence-electron chi connectivity index (χ4n) is 6.25. The molecule has 2 aromatic carbocycles. The van der Waals surface area contributed by atoms with Crippen LogP contribution in [0.15, 0.2) is 45.6 Å². The second kappa shape index (κ2) is 15.6. The highest BCUT2D eigenvalue weighted by Gasteiger charge is 2.52. The molecule has 0 amide bonds. The Kier molecular flexibility index (Phi) is 11.5. The fourth-order valence-corrected chi connectivity index (χ4v) is 6.25. The van der Waals surface area contributed by atoms with E-state index in [9.17, 15) is 66.1 Å². The van der Waals surface area contributed by atoms with Crippen molar-refractivity contribution in [2.24, 2.45) is 0 Å². The summed E-state index contributed by atoms with van der Waals surface area (Å²) in [5.41, 5.74) is -1.23. The molecule has 3 saturated heterocycles. The molecular formula is C33H40O20. The van der Waals surface area contributed by atoms with Gasteiger partial charge in [0.1, 0.15) is 89.3 Å². The Morgan fingerprint density at radius 1 is 0.679 bits per heavy atom. The SMILES string of the molecule is C[C@H]1O[C@H](OC[C@H]2O[C@H](Oc3c(-c4ccc(O)cc4)oc4cc(O)cc(O)c4c3=O)[C@@H](O[C@@H]3O[C@@H](CO)[C@@H](O)[C@@H](O)[C@@H]3O)[C@H](O)[C@H]2O)[C@@H](O)[C@@H](O)[C@@H]1O. The molecule has 3 fully saturated rings. The van der Waals surface area contributed by atoms with Gasteiger partial charge >= 0.3 is 0 Å². The molecule has 12 N–H and O–H groups in total. The van der Waals surface area contributed by atoms with E-state index in [2.05, 4.69) is 0 Å². The molecule has 3 aliphatic rings. The number of benzene rings is 2. The summed E-state index contributed by atoms with van der Waals surface area (Å²) in [5.74, 6) is -2.39. The Balaban J connectivity index is 1.39. The third kappa shape index (κ3) is 7.52. The van der Waals surface area contributed by atoms with Crippen molar-refractivity contribution >= 4 is 11.0 Å². The summed E-state index contributed by atoms with van der Waals surface area (Å²) in [7, 11) is 0. The lowest BCUT2D eigenvalue weighted by Gasteiger charge is -2.46. The van der Waals surface area contributed by atoms with Crippen LogP contribution in [0.5, 0.6) is 23.0 Å². The van der Waals surface area contributed by atoms with Gasteiger partial charge in [-0.05, 0) is 31.2 Å². The van der Waals surface area contributed by atoms with Gasteiger partial charge in [0.2, 0.25) is 17.5 Å². The maximum atomic E-state index is 14.0. The number of rotatable bonds is 9. The zero-order chi connectivity index (χ0) is 38.5. The van der Waals surface area contributed by atoms with E-state index in [0.29, 0.717) is 0 Å². The average Bonchev–Trinajstić information content (AvgIpc) is 3.12. The first-order valence-corrected chi connectivity index (χ1v) is 16.4. The van der Waals surface area contributed by atoms with E-state index in [4.69, 9.17) is 32.8 Å². The number of aliphatic hydroxyl groups excluding tert-OH is 9. The Morgan fingerprint density at radius 3 is 1.98 bits per heavy atom. The van der Waals surface area contributed by atoms with Crippen LogP contribution in [-0.2, 0) is 23.7 Å². The minimum Gasteiger partial charge on any atom is -0.508 e. The van der Waals surface area contributed by atoms with E-state index in [0.717, 1.165) is 12.1 Å². The maximum absolute atomic E-state index is 14.0. The van der Waals surface area contributed by atoms with Crippen LogP contribution in [0.1, 0.15) is 6.92 Å². The van der Waals surface area contributed by atoms with E-state index in [1.807, 2.05) is 0 Å². The Bertz CT molecular complexity index is 1780. The van der Waals surface area contributed by atoms with Gasteiger partial charge in [-0.25, -0.2) is 0 Å². The second-order valence-corrected chi connectivity index (χ2v) is 12.9. The first kappa shape index (κ1) is 39.0. The van der Waals surface area contributed by atoms with Gasteiger partial charge < -0.3 is 94.1 Å². The number of aliphatic hydroxyl groups is 9. The van der Waals surface area contributed by atoms with Gasteiger partial charge in [-0.3, -0.25) is 4.79 Å². The van der Waals surface area contributed by atoms with Crippen LogP contribution >= 0.6 is 0 Å². The second-order valence-electron chi connectivity index (χ2n) is 12.9. The molecule has 0 aliphatic carbocycles. The van der Waals surface area contributed by atoms with Crippen molar-refractivity contribution in [1.29, 1.82) is 0 Å². The third-order valence-electron chi connectivity index (χ3n) is 9.30. The van der Waals surface area contributed by atoms with Gasteiger partial charge in [0.05, 0.1) is 19.3 Å². The molecule has 15 atom stereocenters. The van der Waals surface area contributed by atoms with Crippen molar-refractivity contribution in [3.63, 3.8) is 0 Å². The molecule has 292 valence electrons. The number of phenolic OH excluding ortho intramolecular Hbond substituents is 3. The van der Waals surface area contributed by atoms with Crippen LogP contribution in [0, 0.1) is 0 Å². The van der Waals surface area contributed by atoms with Crippen LogP contribution < -0.4 is 10.2 Å². The largest absolute Gasteiger partial charge is 0.508 e. The molecule has 0 radical (unpaired) electrons. The van der Waals surface area contributed by atoms with Crippen LogP contribution in [0.4, 0.5) is 0 Å². The van der Waals surface area contributed by atoms with Crippen molar-refractivity contribution in [2.45, 2.75) is 99.0 Å². The topological polar surface area (TPSA) is 328 Å². The minimum absolute atomic E-state index is 0.112. The van der Waals surface area contributed by atoms with Crippen LogP contribution in [0.2, 0.25) is 0 Å². The number of hydrogen-bond acceptors (Lipinski definition) is 20. The zero-order valence-corrected chi connectivity index (χ0v) is 27.7. The number of ether oxygens (including phenoxy) is 6. The first-order chi connectivity index (χ1) is 25.1. The molecule has 4 heterocycles. The highest BCUT2D eigenvalue weighted by Crippen LogP contribution is 2.38. The lowest BCUT2D eigenvalue weighted by molar-refractivity contribution is -0.362. The molecule has 53 heavy (non-hydrogen) atoms. The molecule has 6 rings (SSSR count). The normalized spacial score (nSPS) is 37.8. The Morgan fingerprint density at radius 2 is 1.30 bits per heavy atom. The molecule has 3 aromatic rings. The molecule has 1 aromatic heterocycles. The van der Waals surface area contributed by atoms with E-state index in [1.165, 1.54) is 31.2 Å². The van der Waals surface area contributed by atoms with Crippen molar-refractivity contribution in [3.05, 3.63) is 46.6 Å². The standard InChI is InChI=1S/C33H40O20/c1-10-19(38)23(42)26(45)31(48-10)47-9-17-21(40)25(44)30(53-32-27(46)24(43)20(39)16(8-34)50-32)33(51-17)52-29-22(41)18-14(37)6-13(36)7-15(18)49-28(29)11-2-4-12(35)5-3-11/h2-7,10,16-17,19-21,23-27,30-40,42-46H,8-9H2,1H3/t10-,16+,17-,19-,20-,21+,23+,24-,25-,26+,27+,30+,31+,32+,33-/m1/s1. The monoisotopic (exact) mass is 756 g/mol. The number of aromatic hydroxyl groups is 3. The van der Waals surface area contributed by atoms with Crippen molar-refractivity contribution in [1.82, 2.24) is 0 Å². The van der Waals surface area contributed by atoms with Gasteiger partial charge in [0.15, 0.2) is 24.4 Å². The van der Waals surface area contributed by atoms with Gasteiger partial charge in [-0.15, -0.1) is 0 Å². The van der Waals surface area contributed by atoms with Crippen LogP contribution in [0.3, 0.4) is 0 Å². The summed E-state index contributed by atoms with van der Waals surface area (Å²) in [6.45, 7) is -0.140. The van der Waals surface area contributed by atoms with Crippen molar-refractivity contribution in [3.8, 4) is 34.3 Å². The molecule has 3 aliphatic heterocycles. The highest BCUT2D eigenvalue weighted by atomic mass is 16.8. The molecule has 0 bridgehead atoms. The average molecular weight is 757 g/mol. The van der Waals surface area contributed by atoms with Gasteiger partial charge in [0, 0.05) is 17.7 Å². The third-order valence-corrected chi connectivity index (χ3v) is 9.30. The quantitative estimate of drug-likeness (QED) is 0.100. The van der Waals surface area contributed by atoms with Crippen LogP contribution in [-0.4, -0.2) is 167 Å². The first-order valence-electron chi connectivity index (χ1n) is 16.4. The van der Waals surface area contributed by atoms with E-state index < -0.39 is 133 Å². The molecule has 0 spiro atoms. The van der Waals surface area contributed by atoms with E-state index >= 15 is 0 Å². The molecule has 20 heteroatoms.